The summed E-state index contributed by atoms with van der Waals surface area (Å²) in [7, 11) is 0. The van der Waals surface area contributed by atoms with Crippen LogP contribution in [0.3, 0.4) is 0 Å². The first-order chi connectivity index (χ1) is 10.7. The molecule has 5 nitrogen and oxygen atoms in total. The first-order valence-electron chi connectivity index (χ1n) is 6.96. The number of hydrogen-bond acceptors (Lipinski definition) is 3. The number of halogens is 1. The molecule has 0 fully saturated rings. The normalized spacial score (nSPS) is 10.8. The molecule has 0 radical (unpaired) electrons. The minimum atomic E-state index is -0.0567. The lowest BCUT2D eigenvalue weighted by Gasteiger charge is -2.08. The second-order valence-corrected chi connectivity index (χ2v) is 5.73. The van der Waals surface area contributed by atoms with Crippen molar-refractivity contribution in [3.63, 3.8) is 0 Å². The zero-order valence-corrected chi connectivity index (χ0v) is 13.7. The zero-order valence-electron chi connectivity index (χ0n) is 12.1. The van der Waals surface area contributed by atoms with E-state index in [2.05, 4.69) is 31.3 Å². The molecule has 0 unspecified atom stereocenters. The molecule has 0 saturated carbocycles. The summed E-state index contributed by atoms with van der Waals surface area (Å²) >= 11 is 3.26. The van der Waals surface area contributed by atoms with Crippen LogP contribution in [-0.2, 0) is 4.79 Å². The van der Waals surface area contributed by atoms with Crippen LogP contribution in [0.2, 0.25) is 0 Å². The van der Waals surface area contributed by atoms with Crippen LogP contribution in [0.5, 0.6) is 0 Å². The van der Waals surface area contributed by atoms with E-state index >= 15 is 0 Å². The minimum absolute atomic E-state index is 0.0567. The lowest BCUT2D eigenvalue weighted by Crippen LogP contribution is -2.15. The Kier molecular flexibility index (Phi) is 4.20. The Bertz CT molecular complexity index is 828. The largest absolute Gasteiger partial charge is 0.311 e. The molecule has 6 heteroatoms. The number of amides is 1. The first-order valence-corrected chi connectivity index (χ1v) is 8.08. The van der Waals surface area contributed by atoms with Crippen molar-refractivity contribution in [3.05, 3.63) is 48.2 Å². The lowest BCUT2D eigenvalue weighted by atomic mass is 10.2. The number of anilines is 1. The van der Waals surface area contributed by atoms with Crippen LogP contribution in [0.15, 0.2) is 42.5 Å². The van der Waals surface area contributed by atoms with E-state index in [0.29, 0.717) is 23.4 Å². The van der Waals surface area contributed by atoms with Crippen molar-refractivity contribution in [3.8, 4) is 5.82 Å². The molecule has 0 spiro atoms. The van der Waals surface area contributed by atoms with Gasteiger partial charge >= 0.3 is 0 Å². The van der Waals surface area contributed by atoms with Crippen LogP contribution < -0.4 is 5.32 Å². The topological polar surface area (TPSA) is 59.8 Å². The highest BCUT2D eigenvalue weighted by Gasteiger charge is 2.11. The highest BCUT2D eigenvalue weighted by molar-refractivity contribution is 9.09. The van der Waals surface area contributed by atoms with Crippen molar-refractivity contribution in [1.29, 1.82) is 0 Å². The molecule has 0 bridgehead atoms. The minimum Gasteiger partial charge on any atom is -0.311 e. The van der Waals surface area contributed by atoms with Gasteiger partial charge in [-0.15, -0.1) is 0 Å². The number of hydrogen-bond donors (Lipinski definition) is 1. The van der Waals surface area contributed by atoms with Crippen LogP contribution in [0, 0.1) is 6.92 Å². The summed E-state index contributed by atoms with van der Waals surface area (Å²) in [6, 6.07) is 13.6. The summed E-state index contributed by atoms with van der Waals surface area (Å²) in [5.41, 5.74) is 1.72. The Morgan fingerprint density at radius 1 is 1.27 bits per heavy atom. The molecular weight excluding hydrogens is 344 g/mol. The average Bonchev–Trinajstić information content (AvgIpc) is 2.87. The number of rotatable bonds is 4. The van der Waals surface area contributed by atoms with E-state index in [1.807, 2.05) is 49.4 Å². The van der Waals surface area contributed by atoms with Crippen molar-refractivity contribution in [1.82, 2.24) is 14.8 Å². The summed E-state index contributed by atoms with van der Waals surface area (Å²) in [5, 5.41) is 8.99. The summed E-state index contributed by atoms with van der Waals surface area (Å²) in [5.74, 6) is 1.26. The van der Waals surface area contributed by atoms with E-state index in [1.165, 1.54) is 0 Å². The Labute approximate surface area is 136 Å². The summed E-state index contributed by atoms with van der Waals surface area (Å²) < 4.78 is 1.66. The maximum absolute atomic E-state index is 11.8. The summed E-state index contributed by atoms with van der Waals surface area (Å²) in [6.45, 7) is 1.89. The number of nitrogens with zero attached hydrogens (tertiary/aromatic N) is 3. The van der Waals surface area contributed by atoms with Gasteiger partial charge in [-0.2, -0.15) is 9.78 Å². The third-order valence-electron chi connectivity index (χ3n) is 3.22. The predicted octanol–water partition coefficient (Wildman–Crippen LogP) is 3.45. The van der Waals surface area contributed by atoms with Gasteiger partial charge in [-0.3, -0.25) is 4.79 Å². The van der Waals surface area contributed by atoms with Gasteiger partial charge in [-0.25, -0.2) is 4.98 Å². The van der Waals surface area contributed by atoms with Gasteiger partial charge in [0.1, 0.15) is 5.82 Å². The fourth-order valence-corrected chi connectivity index (χ4v) is 2.59. The number of aryl methyl sites for hydroxylation is 1. The summed E-state index contributed by atoms with van der Waals surface area (Å²) in [4.78, 5) is 16.4. The number of para-hydroxylation sites is 1. The van der Waals surface area contributed by atoms with Gasteiger partial charge in [0.25, 0.3) is 0 Å². The fraction of sp³-hybridized carbons (Fsp3) is 0.188. The molecule has 1 aromatic carbocycles. The van der Waals surface area contributed by atoms with Gasteiger partial charge in [0.15, 0.2) is 5.82 Å². The first kappa shape index (κ1) is 14.7. The summed E-state index contributed by atoms with van der Waals surface area (Å²) in [6.07, 6.45) is 0.412. The van der Waals surface area contributed by atoms with Crippen molar-refractivity contribution < 1.29 is 4.79 Å². The van der Waals surface area contributed by atoms with Crippen LogP contribution in [-0.4, -0.2) is 26.0 Å². The van der Waals surface area contributed by atoms with Crippen LogP contribution in [0.4, 0.5) is 5.82 Å². The van der Waals surface area contributed by atoms with E-state index in [-0.39, 0.29) is 5.91 Å². The van der Waals surface area contributed by atoms with Crippen LogP contribution in [0.25, 0.3) is 16.7 Å². The number of fused-ring (bicyclic) bond motifs is 1. The number of pyridine rings is 1. The van der Waals surface area contributed by atoms with Gasteiger partial charge < -0.3 is 5.32 Å². The Morgan fingerprint density at radius 2 is 2.09 bits per heavy atom. The number of nitrogens with one attached hydrogen (secondary N) is 1. The molecule has 0 saturated heterocycles. The molecule has 112 valence electrons. The van der Waals surface area contributed by atoms with Crippen molar-refractivity contribution in [2.75, 3.05) is 10.6 Å². The Morgan fingerprint density at radius 3 is 2.91 bits per heavy atom. The molecule has 0 atom stereocenters. The van der Waals surface area contributed by atoms with Gasteiger partial charge in [0, 0.05) is 23.2 Å². The van der Waals surface area contributed by atoms with Gasteiger partial charge in [-0.05, 0) is 25.1 Å². The average molecular weight is 359 g/mol. The third kappa shape index (κ3) is 3.01. The molecule has 2 aromatic heterocycles. The zero-order chi connectivity index (χ0) is 15.5. The van der Waals surface area contributed by atoms with Crippen molar-refractivity contribution >= 4 is 38.6 Å². The highest BCUT2D eigenvalue weighted by atomic mass is 79.9. The Hall–Kier alpha value is -2.21. The van der Waals surface area contributed by atoms with Crippen molar-refractivity contribution in [2.24, 2.45) is 0 Å². The highest BCUT2D eigenvalue weighted by Crippen LogP contribution is 2.19. The smallest absolute Gasteiger partial charge is 0.226 e. The molecular formula is C16H15BrN4O. The monoisotopic (exact) mass is 358 g/mol. The van der Waals surface area contributed by atoms with Gasteiger partial charge in [0.2, 0.25) is 5.91 Å². The second kappa shape index (κ2) is 6.27. The quantitative estimate of drug-likeness (QED) is 0.726. The van der Waals surface area contributed by atoms with E-state index in [0.717, 1.165) is 16.6 Å². The van der Waals surface area contributed by atoms with Crippen molar-refractivity contribution in [2.45, 2.75) is 13.3 Å². The molecule has 0 aliphatic carbocycles. The molecule has 0 aliphatic rings. The SMILES string of the molecule is Cc1cc(NC(=O)CCBr)n(-c2ccc3ccccc3n2)n1. The fourth-order valence-electron chi connectivity index (χ4n) is 2.23. The number of carbonyl (C=O) groups is 1. The standard InChI is InChI=1S/C16H15BrN4O/c1-11-10-15(19-16(22)8-9-17)21(20-11)14-7-6-12-4-2-3-5-13(12)18-14/h2-7,10H,8-9H2,1H3,(H,19,22). The van der Waals surface area contributed by atoms with E-state index in [1.54, 1.807) is 4.68 Å². The number of benzene rings is 1. The molecule has 1 amide bonds. The molecule has 3 aromatic rings. The number of alkyl halides is 1. The molecule has 1 N–H and O–H groups in total. The van der Waals surface area contributed by atoms with Gasteiger partial charge in [-0.1, -0.05) is 34.1 Å². The number of aromatic nitrogens is 3. The van der Waals surface area contributed by atoms with E-state index < -0.39 is 0 Å². The molecule has 2 heterocycles. The maximum atomic E-state index is 11.8. The third-order valence-corrected chi connectivity index (χ3v) is 3.62. The maximum Gasteiger partial charge on any atom is 0.226 e. The van der Waals surface area contributed by atoms with E-state index in [4.69, 9.17) is 0 Å². The van der Waals surface area contributed by atoms with Gasteiger partial charge in [0.05, 0.1) is 11.2 Å². The molecule has 22 heavy (non-hydrogen) atoms. The van der Waals surface area contributed by atoms with E-state index in [9.17, 15) is 4.79 Å². The van der Waals surface area contributed by atoms with Crippen LogP contribution in [0.1, 0.15) is 12.1 Å². The van der Waals surface area contributed by atoms with Crippen LogP contribution >= 0.6 is 15.9 Å². The second-order valence-electron chi connectivity index (χ2n) is 4.93. The Balaban J connectivity index is 2.00. The molecule has 0 aliphatic heterocycles. The number of carbonyl (C=O) groups excluding carboxylic acids is 1. The lowest BCUT2D eigenvalue weighted by molar-refractivity contribution is -0.115. The predicted molar refractivity (Wildman–Crippen MR) is 90.6 cm³/mol. The molecule has 3 rings (SSSR count).